The van der Waals surface area contributed by atoms with Crippen molar-refractivity contribution in [3.8, 4) is 0 Å². The predicted octanol–water partition coefficient (Wildman–Crippen LogP) is 3.71. The first-order valence-corrected chi connectivity index (χ1v) is 4.57. The first-order chi connectivity index (χ1) is 8.09. The van der Waals surface area contributed by atoms with E-state index in [0.717, 1.165) is 0 Å². The summed E-state index contributed by atoms with van der Waals surface area (Å²) < 4.78 is 71.7. The third kappa shape index (κ3) is 4.40. The molecular weight excluding hydrogens is 288 g/mol. The summed E-state index contributed by atoms with van der Waals surface area (Å²) in [6, 6.07) is 0.528. The first kappa shape index (κ1) is 14.6. The number of nitrogens with one attached hydrogen (secondary N) is 1. The van der Waals surface area contributed by atoms with E-state index >= 15 is 0 Å². The van der Waals surface area contributed by atoms with E-state index in [1.807, 2.05) is 0 Å². The van der Waals surface area contributed by atoms with E-state index in [4.69, 9.17) is 11.6 Å². The quantitative estimate of drug-likeness (QED) is 0.512. The van der Waals surface area contributed by atoms with Gasteiger partial charge in [0.1, 0.15) is 6.21 Å². The fraction of sp³-hybridized carbons (Fsp3) is 0.250. The molecule has 1 N–H and O–H groups in total. The molecule has 0 aliphatic rings. The van der Waals surface area contributed by atoms with Gasteiger partial charge in [-0.15, -0.1) is 0 Å². The SMILES string of the molecule is FC(F)(F)C=NNc1ncc(C(F)(F)F)cc1Cl. The van der Waals surface area contributed by atoms with Gasteiger partial charge >= 0.3 is 12.4 Å². The lowest BCUT2D eigenvalue weighted by Crippen LogP contribution is -2.10. The molecule has 0 saturated heterocycles. The molecule has 0 radical (unpaired) electrons. The molecule has 0 aliphatic heterocycles. The van der Waals surface area contributed by atoms with Crippen LogP contribution in [0.4, 0.5) is 32.2 Å². The molecule has 0 bridgehead atoms. The molecule has 0 atom stereocenters. The topological polar surface area (TPSA) is 37.3 Å². The highest BCUT2D eigenvalue weighted by atomic mass is 35.5. The Morgan fingerprint density at radius 2 is 1.83 bits per heavy atom. The maximum absolute atomic E-state index is 12.2. The van der Waals surface area contributed by atoms with Gasteiger partial charge in [-0.3, -0.25) is 5.43 Å². The van der Waals surface area contributed by atoms with Gasteiger partial charge in [-0.05, 0) is 6.07 Å². The number of anilines is 1. The molecule has 0 fully saturated rings. The number of halogens is 7. The van der Waals surface area contributed by atoms with Crippen LogP contribution in [-0.2, 0) is 6.18 Å². The first-order valence-electron chi connectivity index (χ1n) is 4.19. The number of hydrogen-bond acceptors (Lipinski definition) is 3. The van der Waals surface area contributed by atoms with Gasteiger partial charge in [0.15, 0.2) is 5.82 Å². The molecule has 100 valence electrons. The summed E-state index contributed by atoms with van der Waals surface area (Å²) in [4.78, 5) is 3.22. The van der Waals surface area contributed by atoms with Gasteiger partial charge in [-0.25, -0.2) is 4.98 Å². The van der Waals surface area contributed by atoms with Gasteiger partial charge in [0.05, 0.1) is 10.6 Å². The summed E-state index contributed by atoms with van der Waals surface area (Å²) in [7, 11) is 0. The van der Waals surface area contributed by atoms with Gasteiger partial charge in [0, 0.05) is 6.20 Å². The molecule has 1 aromatic rings. The third-order valence-corrected chi connectivity index (χ3v) is 1.84. The second-order valence-electron chi connectivity index (χ2n) is 2.96. The normalized spacial score (nSPS) is 13.1. The number of pyridine rings is 1. The van der Waals surface area contributed by atoms with Crippen molar-refractivity contribution in [1.29, 1.82) is 0 Å². The predicted molar refractivity (Wildman–Crippen MR) is 52.4 cm³/mol. The Kier molecular flexibility index (Phi) is 4.05. The van der Waals surface area contributed by atoms with Crippen molar-refractivity contribution in [2.45, 2.75) is 12.4 Å². The van der Waals surface area contributed by atoms with Crippen LogP contribution >= 0.6 is 11.6 Å². The molecule has 1 aromatic heterocycles. The van der Waals surface area contributed by atoms with Crippen LogP contribution in [0.3, 0.4) is 0 Å². The van der Waals surface area contributed by atoms with Gasteiger partial charge in [0.2, 0.25) is 0 Å². The average molecular weight is 292 g/mol. The minimum Gasteiger partial charge on any atom is -0.260 e. The summed E-state index contributed by atoms with van der Waals surface area (Å²) in [6.45, 7) is 0. The Morgan fingerprint density at radius 1 is 1.22 bits per heavy atom. The Hall–Kier alpha value is -1.51. The van der Waals surface area contributed by atoms with Crippen molar-refractivity contribution in [2.24, 2.45) is 5.10 Å². The van der Waals surface area contributed by atoms with E-state index in [9.17, 15) is 26.3 Å². The van der Waals surface area contributed by atoms with E-state index in [-0.39, 0.29) is 6.21 Å². The van der Waals surface area contributed by atoms with Gasteiger partial charge in [-0.1, -0.05) is 11.6 Å². The van der Waals surface area contributed by atoms with Crippen LogP contribution in [0.5, 0.6) is 0 Å². The van der Waals surface area contributed by atoms with Crippen molar-refractivity contribution < 1.29 is 26.3 Å². The van der Waals surface area contributed by atoms with Crippen molar-refractivity contribution >= 4 is 23.6 Å². The summed E-state index contributed by atoms with van der Waals surface area (Å²) in [6.07, 6.45) is -9.24. The zero-order valence-electron chi connectivity index (χ0n) is 8.27. The highest BCUT2D eigenvalue weighted by Gasteiger charge is 2.31. The molecule has 0 aliphatic carbocycles. The number of aromatic nitrogens is 1. The van der Waals surface area contributed by atoms with E-state index in [2.05, 4.69) is 10.1 Å². The number of nitrogens with zero attached hydrogens (tertiary/aromatic N) is 2. The van der Waals surface area contributed by atoms with Crippen molar-refractivity contribution in [3.63, 3.8) is 0 Å². The lowest BCUT2D eigenvalue weighted by atomic mass is 10.3. The van der Waals surface area contributed by atoms with Crippen LogP contribution in [-0.4, -0.2) is 17.4 Å². The molecule has 18 heavy (non-hydrogen) atoms. The molecule has 0 unspecified atom stereocenters. The van der Waals surface area contributed by atoms with E-state index < -0.39 is 28.8 Å². The zero-order valence-corrected chi connectivity index (χ0v) is 9.03. The van der Waals surface area contributed by atoms with Crippen molar-refractivity contribution in [3.05, 3.63) is 22.8 Å². The molecule has 0 spiro atoms. The van der Waals surface area contributed by atoms with Crippen LogP contribution in [0, 0.1) is 0 Å². The minimum absolute atomic E-state index is 0.386. The third-order valence-electron chi connectivity index (χ3n) is 1.55. The Morgan fingerprint density at radius 3 is 2.28 bits per heavy atom. The van der Waals surface area contributed by atoms with E-state index in [1.165, 1.54) is 0 Å². The summed E-state index contributed by atoms with van der Waals surface area (Å²) in [5.41, 5.74) is 0.674. The van der Waals surface area contributed by atoms with Crippen LogP contribution < -0.4 is 5.43 Å². The number of alkyl halides is 6. The highest BCUT2D eigenvalue weighted by Crippen LogP contribution is 2.32. The van der Waals surface area contributed by atoms with Crippen LogP contribution in [0.2, 0.25) is 5.02 Å². The number of rotatable bonds is 2. The average Bonchev–Trinajstić information content (AvgIpc) is 2.17. The Bertz CT molecular complexity index is 453. The molecule has 0 aromatic carbocycles. The summed E-state index contributed by atoms with van der Waals surface area (Å²) in [5, 5.41) is 2.24. The van der Waals surface area contributed by atoms with Crippen LogP contribution in [0.15, 0.2) is 17.4 Å². The fourth-order valence-corrected chi connectivity index (χ4v) is 1.05. The van der Waals surface area contributed by atoms with Crippen LogP contribution in [0.25, 0.3) is 0 Å². The fourth-order valence-electron chi connectivity index (χ4n) is 0.842. The van der Waals surface area contributed by atoms with Crippen molar-refractivity contribution in [1.82, 2.24) is 4.98 Å². The molecule has 1 rings (SSSR count). The lowest BCUT2D eigenvalue weighted by molar-refractivity contribution is -0.137. The molecular formula is C8H4ClF6N3. The highest BCUT2D eigenvalue weighted by molar-refractivity contribution is 6.32. The Balaban J connectivity index is 2.84. The largest absolute Gasteiger partial charge is 0.428 e. The molecule has 0 amide bonds. The van der Waals surface area contributed by atoms with E-state index in [1.54, 1.807) is 5.43 Å². The standard InChI is InChI=1S/C8H4ClF6N3/c9-5-1-4(8(13,14)15)2-16-6(5)18-17-3-7(10,11)12/h1-3H,(H,16,18). The molecule has 1 heterocycles. The van der Waals surface area contributed by atoms with Gasteiger partial charge in [0.25, 0.3) is 0 Å². The van der Waals surface area contributed by atoms with Crippen LogP contribution in [0.1, 0.15) is 5.56 Å². The molecule has 3 nitrogen and oxygen atoms in total. The van der Waals surface area contributed by atoms with Gasteiger partial charge < -0.3 is 0 Å². The minimum atomic E-state index is -4.65. The summed E-state index contributed by atoms with van der Waals surface area (Å²) in [5.74, 6) is -0.412. The Labute approximate surface area is 101 Å². The summed E-state index contributed by atoms with van der Waals surface area (Å²) >= 11 is 5.41. The molecule has 0 saturated carbocycles. The monoisotopic (exact) mass is 291 g/mol. The number of hydrogen-bond donors (Lipinski definition) is 1. The molecule has 10 heteroatoms. The number of hydrazone groups is 1. The maximum Gasteiger partial charge on any atom is 0.428 e. The van der Waals surface area contributed by atoms with E-state index in [0.29, 0.717) is 12.3 Å². The second-order valence-corrected chi connectivity index (χ2v) is 3.37. The maximum atomic E-state index is 12.2. The zero-order chi connectivity index (χ0) is 14.0. The lowest BCUT2D eigenvalue weighted by Gasteiger charge is -2.08. The second kappa shape index (κ2) is 5.01. The smallest absolute Gasteiger partial charge is 0.260 e. The van der Waals surface area contributed by atoms with Crippen molar-refractivity contribution in [2.75, 3.05) is 5.43 Å². The van der Waals surface area contributed by atoms with Gasteiger partial charge in [-0.2, -0.15) is 31.4 Å².